The minimum Gasteiger partial charge on any atom is -0.377 e. The maximum Gasteiger partial charge on any atom is 0.0645 e. The van der Waals surface area contributed by atoms with Gasteiger partial charge in [-0.25, -0.2) is 0 Å². The predicted molar refractivity (Wildman–Crippen MR) is 107 cm³/mol. The smallest absolute Gasteiger partial charge is 0.0645 e. The first-order chi connectivity index (χ1) is 12.2. The number of hydrogen-bond acceptors (Lipinski definition) is 1. The summed E-state index contributed by atoms with van der Waals surface area (Å²) in [6.07, 6.45) is 5.70. The van der Waals surface area contributed by atoms with Gasteiger partial charge in [-0.3, -0.25) is 0 Å². The molecule has 0 saturated carbocycles. The Balaban J connectivity index is 1.72. The van der Waals surface area contributed by atoms with Gasteiger partial charge in [0.25, 0.3) is 0 Å². The predicted octanol–water partition coefficient (Wildman–Crippen LogP) is 6.97. The summed E-state index contributed by atoms with van der Waals surface area (Å²) in [5, 5.41) is 7.61. The van der Waals surface area contributed by atoms with E-state index in [1.165, 1.54) is 22.0 Å². The molecule has 0 amide bonds. The quantitative estimate of drug-likeness (QED) is 0.459. The van der Waals surface area contributed by atoms with Gasteiger partial charge in [0.05, 0.1) is 16.1 Å². The lowest BCUT2D eigenvalue weighted by molar-refractivity contribution is 0.426. The highest BCUT2D eigenvalue weighted by atomic mass is 35.5. The Labute approximate surface area is 157 Å². The molecule has 2 aliphatic rings. The number of benzene rings is 3. The van der Waals surface area contributed by atoms with Gasteiger partial charge in [0.1, 0.15) is 0 Å². The topological polar surface area (TPSA) is 12.0 Å². The van der Waals surface area contributed by atoms with Gasteiger partial charge < -0.3 is 5.32 Å². The van der Waals surface area contributed by atoms with Gasteiger partial charge in [0, 0.05) is 17.0 Å². The molecule has 1 aliphatic carbocycles. The van der Waals surface area contributed by atoms with Gasteiger partial charge >= 0.3 is 0 Å². The van der Waals surface area contributed by atoms with E-state index in [1.54, 1.807) is 0 Å². The average molecular weight is 366 g/mol. The maximum atomic E-state index is 6.57. The molecule has 0 fully saturated rings. The molecule has 3 aromatic rings. The molecule has 0 radical (unpaired) electrons. The molecule has 1 nitrogen and oxygen atoms in total. The highest BCUT2D eigenvalue weighted by molar-refractivity contribution is 6.42. The molecule has 1 N–H and O–H groups in total. The maximum absolute atomic E-state index is 6.57. The second kappa shape index (κ2) is 5.79. The standard InChI is InChI=1S/C22H17Cl2N/c23-19-10-4-9-18(20(19)24)22-16-8-3-7-15(16)17-12-11-13-5-1-2-6-14(13)21(17)25-22/h1-7,9-12,15-16,22,25H,8H2/t15-,16+,22-/m1/s1. The van der Waals surface area contributed by atoms with E-state index in [-0.39, 0.29) is 6.04 Å². The summed E-state index contributed by atoms with van der Waals surface area (Å²) < 4.78 is 0. The molecule has 25 heavy (non-hydrogen) atoms. The number of halogens is 2. The van der Waals surface area contributed by atoms with Crippen molar-refractivity contribution in [3.05, 3.63) is 87.9 Å². The number of anilines is 1. The SMILES string of the molecule is Clc1cccc([C@@H]2Nc3c(ccc4ccccc34)[C@@H]3C=CC[C@@H]32)c1Cl. The molecule has 3 heteroatoms. The zero-order chi connectivity index (χ0) is 17.0. The molecular formula is C22H17Cl2N. The second-order valence-electron chi connectivity index (χ2n) is 6.87. The van der Waals surface area contributed by atoms with E-state index in [0.717, 1.165) is 12.0 Å². The van der Waals surface area contributed by atoms with Crippen LogP contribution in [-0.4, -0.2) is 0 Å². The van der Waals surface area contributed by atoms with Crippen LogP contribution in [0, 0.1) is 5.92 Å². The number of nitrogens with one attached hydrogen (secondary N) is 1. The van der Waals surface area contributed by atoms with Crippen LogP contribution in [-0.2, 0) is 0 Å². The van der Waals surface area contributed by atoms with E-state index in [1.807, 2.05) is 12.1 Å². The average Bonchev–Trinajstić information content (AvgIpc) is 3.13. The van der Waals surface area contributed by atoms with Crippen molar-refractivity contribution in [3.8, 4) is 0 Å². The van der Waals surface area contributed by atoms with Crippen molar-refractivity contribution < 1.29 is 0 Å². The summed E-state index contributed by atoms with van der Waals surface area (Å²) in [5.74, 6) is 0.880. The number of fused-ring (bicyclic) bond motifs is 5. The van der Waals surface area contributed by atoms with Gasteiger partial charge in [-0.2, -0.15) is 0 Å². The lowest BCUT2D eigenvalue weighted by Gasteiger charge is -2.38. The molecule has 0 spiro atoms. The van der Waals surface area contributed by atoms with Gasteiger partial charge in [-0.1, -0.05) is 83.9 Å². The largest absolute Gasteiger partial charge is 0.377 e. The van der Waals surface area contributed by atoms with Crippen molar-refractivity contribution >= 4 is 39.7 Å². The first-order valence-electron chi connectivity index (χ1n) is 8.63. The van der Waals surface area contributed by atoms with E-state index in [2.05, 4.69) is 59.9 Å². The van der Waals surface area contributed by atoms with Gasteiger partial charge in [0.2, 0.25) is 0 Å². The minimum absolute atomic E-state index is 0.157. The van der Waals surface area contributed by atoms with Crippen LogP contribution in [0.15, 0.2) is 66.7 Å². The minimum atomic E-state index is 0.157. The number of hydrogen-bond donors (Lipinski definition) is 1. The third-order valence-corrected chi connectivity index (χ3v) is 6.41. The zero-order valence-corrected chi connectivity index (χ0v) is 15.1. The Morgan fingerprint density at radius 3 is 2.68 bits per heavy atom. The Hall–Kier alpha value is -1.96. The fourth-order valence-electron chi connectivity index (χ4n) is 4.41. The summed E-state index contributed by atoms with van der Waals surface area (Å²) in [4.78, 5) is 0. The first kappa shape index (κ1) is 15.3. The fourth-order valence-corrected chi connectivity index (χ4v) is 4.83. The van der Waals surface area contributed by atoms with Crippen molar-refractivity contribution in [3.63, 3.8) is 0 Å². The Kier molecular flexibility index (Phi) is 3.55. The molecule has 0 bridgehead atoms. The molecular weight excluding hydrogens is 349 g/mol. The summed E-state index contributed by atoms with van der Waals surface area (Å²) in [5.41, 5.74) is 3.70. The summed E-state index contributed by atoms with van der Waals surface area (Å²) in [7, 11) is 0. The third-order valence-electron chi connectivity index (χ3n) is 5.58. The van der Waals surface area contributed by atoms with E-state index in [9.17, 15) is 0 Å². The monoisotopic (exact) mass is 365 g/mol. The van der Waals surface area contributed by atoms with Crippen molar-refractivity contribution in [2.45, 2.75) is 18.4 Å². The Bertz CT molecular complexity index is 1010. The molecule has 124 valence electrons. The van der Waals surface area contributed by atoms with Gasteiger partial charge in [-0.05, 0) is 34.9 Å². The van der Waals surface area contributed by atoms with Crippen LogP contribution in [0.5, 0.6) is 0 Å². The number of rotatable bonds is 1. The molecule has 0 unspecified atom stereocenters. The van der Waals surface area contributed by atoms with Crippen molar-refractivity contribution in [1.82, 2.24) is 0 Å². The van der Waals surface area contributed by atoms with Crippen LogP contribution in [0.25, 0.3) is 10.8 Å². The fraction of sp³-hybridized carbons (Fsp3) is 0.182. The second-order valence-corrected chi connectivity index (χ2v) is 7.65. The molecule has 5 rings (SSSR count). The van der Waals surface area contributed by atoms with Gasteiger partial charge in [0.15, 0.2) is 0 Å². The van der Waals surface area contributed by atoms with Crippen molar-refractivity contribution in [1.29, 1.82) is 0 Å². The van der Waals surface area contributed by atoms with Crippen molar-refractivity contribution in [2.75, 3.05) is 5.32 Å². The lowest BCUT2D eigenvalue weighted by atomic mass is 9.76. The van der Waals surface area contributed by atoms with E-state index >= 15 is 0 Å². The van der Waals surface area contributed by atoms with Crippen LogP contribution in [0.4, 0.5) is 5.69 Å². The van der Waals surface area contributed by atoms with E-state index in [0.29, 0.717) is 21.9 Å². The first-order valence-corrected chi connectivity index (χ1v) is 9.38. The van der Waals surface area contributed by atoms with Crippen LogP contribution >= 0.6 is 23.2 Å². The third kappa shape index (κ3) is 2.30. The molecule has 1 aliphatic heterocycles. The van der Waals surface area contributed by atoms with Crippen LogP contribution in [0.3, 0.4) is 0 Å². The van der Waals surface area contributed by atoms with E-state index < -0.39 is 0 Å². The normalized spacial score (nSPS) is 24.0. The summed E-state index contributed by atoms with van der Waals surface area (Å²) >= 11 is 12.9. The Morgan fingerprint density at radius 1 is 0.880 bits per heavy atom. The lowest BCUT2D eigenvalue weighted by Crippen LogP contribution is -2.29. The number of allylic oxidation sites excluding steroid dienone is 2. The molecule has 3 atom stereocenters. The molecule has 0 aromatic heterocycles. The highest BCUT2D eigenvalue weighted by Crippen LogP contribution is 2.52. The Morgan fingerprint density at radius 2 is 1.76 bits per heavy atom. The van der Waals surface area contributed by atoms with Crippen molar-refractivity contribution in [2.24, 2.45) is 5.92 Å². The van der Waals surface area contributed by atoms with Crippen LogP contribution < -0.4 is 5.32 Å². The highest BCUT2D eigenvalue weighted by Gasteiger charge is 2.39. The van der Waals surface area contributed by atoms with Crippen LogP contribution in [0.1, 0.15) is 29.5 Å². The summed E-state index contributed by atoms with van der Waals surface area (Å²) in [6.45, 7) is 0. The molecule has 0 saturated heterocycles. The zero-order valence-electron chi connectivity index (χ0n) is 13.5. The molecule has 3 aromatic carbocycles. The van der Waals surface area contributed by atoms with Gasteiger partial charge in [-0.15, -0.1) is 0 Å². The van der Waals surface area contributed by atoms with E-state index in [4.69, 9.17) is 23.2 Å². The van der Waals surface area contributed by atoms with Crippen LogP contribution in [0.2, 0.25) is 10.0 Å². The molecule has 1 heterocycles. The summed E-state index contributed by atoms with van der Waals surface area (Å²) in [6, 6.07) is 19.1.